The van der Waals surface area contributed by atoms with Gasteiger partial charge in [0.15, 0.2) is 0 Å². The van der Waals surface area contributed by atoms with Crippen LogP contribution >= 0.6 is 11.6 Å². The number of nitrogens with zero attached hydrogens (tertiary/aromatic N) is 1. The molecule has 0 spiro atoms. The molecule has 0 radical (unpaired) electrons. The molecular weight excluding hydrogens is 198 g/mol. The third kappa shape index (κ3) is 1.34. The number of aryl methyl sites for hydroxylation is 1. The summed E-state index contributed by atoms with van der Waals surface area (Å²) >= 11 is 6.03. The minimum absolute atomic E-state index is 0.199. The van der Waals surface area contributed by atoms with Gasteiger partial charge in [0.2, 0.25) is 0 Å². The molecule has 1 aliphatic carbocycles. The monoisotopic (exact) mass is 209 g/mol. The van der Waals surface area contributed by atoms with Gasteiger partial charge < -0.3 is 0 Å². The van der Waals surface area contributed by atoms with Gasteiger partial charge in [0, 0.05) is 11.3 Å². The van der Waals surface area contributed by atoms with Crippen LogP contribution in [0.15, 0.2) is 12.1 Å². The van der Waals surface area contributed by atoms with Gasteiger partial charge in [0.05, 0.1) is 5.41 Å². The fraction of sp³-hybridized carbons (Fsp3) is 0.455. The second-order valence-corrected chi connectivity index (χ2v) is 4.29. The first kappa shape index (κ1) is 9.66. The van der Waals surface area contributed by atoms with Crippen LogP contribution < -0.4 is 0 Å². The molecule has 1 heterocycles. The van der Waals surface area contributed by atoms with Crippen molar-refractivity contribution in [2.45, 2.75) is 32.1 Å². The molecule has 1 fully saturated rings. The molecule has 74 valence electrons. The van der Waals surface area contributed by atoms with Crippen LogP contribution in [0.4, 0.5) is 0 Å². The van der Waals surface area contributed by atoms with Crippen LogP contribution in [0.25, 0.3) is 0 Å². The van der Waals surface area contributed by atoms with Crippen LogP contribution in [-0.4, -0.2) is 10.8 Å². The van der Waals surface area contributed by atoms with Crippen LogP contribution in [0.1, 0.15) is 31.0 Å². The molecular formula is C11H12ClNO. The maximum atomic E-state index is 11.5. The Morgan fingerprint density at radius 3 is 2.57 bits per heavy atom. The van der Waals surface area contributed by atoms with E-state index in [2.05, 4.69) is 4.98 Å². The van der Waals surface area contributed by atoms with Crippen LogP contribution in [-0.2, 0) is 10.2 Å². The molecule has 0 amide bonds. The lowest BCUT2D eigenvalue weighted by Gasteiger charge is -2.12. The van der Waals surface area contributed by atoms with Crippen molar-refractivity contribution < 1.29 is 4.79 Å². The molecule has 1 aromatic rings. The topological polar surface area (TPSA) is 30.0 Å². The highest BCUT2D eigenvalue weighted by Gasteiger charge is 2.50. The van der Waals surface area contributed by atoms with Crippen molar-refractivity contribution in [3.05, 3.63) is 28.5 Å². The second-order valence-electron chi connectivity index (χ2n) is 3.93. The van der Waals surface area contributed by atoms with Crippen LogP contribution in [0.5, 0.6) is 0 Å². The maximum absolute atomic E-state index is 11.5. The average Bonchev–Trinajstić information content (AvgIpc) is 2.84. The summed E-state index contributed by atoms with van der Waals surface area (Å²) in [7, 11) is 0. The first-order chi connectivity index (χ1) is 6.56. The van der Waals surface area contributed by atoms with Crippen molar-refractivity contribution in [2.24, 2.45) is 0 Å². The molecule has 0 atom stereocenters. The Morgan fingerprint density at radius 1 is 1.50 bits per heavy atom. The SMILES string of the molecule is CC(=O)C1(c2ccc(C)nc2Cl)CC1. The van der Waals surface area contributed by atoms with Gasteiger partial charge in [-0.2, -0.15) is 0 Å². The van der Waals surface area contributed by atoms with Gasteiger partial charge in [-0.1, -0.05) is 17.7 Å². The van der Waals surface area contributed by atoms with Gasteiger partial charge in [0.1, 0.15) is 10.9 Å². The molecule has 0 bridgehead atoms. The fourth-order valence-corrected chi connectivity index (χ4v) is 2.20. The van der Waals surface area contributed by atoms with E-state index in [-0.39, 0.29) is 11.2 Å². The van der Waals surface area contributed by atoms with Crippen molar-refractivity contribution in [3.63, 3.8) is 0 Å². The van der Waals surface area contributed by atoms with Crippen molar-refractivity contribution in [3.8, 4) is 0 Å². The van der Waals surface area contributed by atoms with E-state index in [0.29, 0.717) is 5.15 Å². The molecule has 1 saturated carbocycles. The third-order valence-corrected chi connectivity index (χ3v) is 3.22. The lowest BCUT2D eigenvalue weighted by Crippen LogP contribution is -2.17. The summed E-state index contributed by atoms with van der Waals surface area (Å²) in [5.41, 5.74) is 1.48. The van der Waals surface area contributed by atoms with Gasteiger partial charge in [-0.15, -0.1) is 0 Å². The zero-order valence-corrected chi connectivity index (χ0v) is 9.06. The quantitative estimate of drug-likeness (QED) is 0.701. The Balaban J connectivity index is 2.47. The Kier molecular flexibility index (Phi) is 2.11. The number of carbonyl (C=O) groups excluding carboxylic acids is 1. The standard InChI is InChI=1S/C11H12ClNO/c1-7-3-4-9(10(12)13-7)11(5-6-11)8(2)14/h3-4H,5-6H2,1-2H3. The summed E-state index contributed by atoms with van der Waals surface area (Å²) in [6.45, 7) is 3.52. The summed E-state index contributed by atoms with van der Waals surface area (Å²) < 4.78 is 0. The summed E-state index contributed by atoms with van der Waals surface area (Å²) in [5.74, 6) is 0.199. The molecule has 14 heavy (non-hydrogen) atoms. The molecule has 0 saturated heterocycles. The highest BCUT2D eigenvalue weighted by molar-refractivity contribution is 6.30. The Hall–Kier alpha value is -0.890. The van der Waals surface area contributed by atoms with Gasteiger partial charge in [0.25, 0.3) is 0 Å². The molecule has 0 N–H and O–H groups in total. The van der Waals surface area contributed by atoms with Gasteiger partial charge in [-0.25, -0.2) is 4.98 Å². The molecule has 3 heteroatoms. The predicted octanol–water partition coefficient (Wildman–Crippen LogP) is 2.66. The molecule has 0 unspecified atom stereocenters. The lowest BCUT2D eigenvalue weighted by atomic mass is 9.93. The van der Waals surface area contributed by atoms with Crippen LogP contribution in [0.3, 0.4) is 0 Å². The van der Waals surface area contributed by atoms with Crippen molar-refractivity contribution in [2.75, 3.05) is 0 Å². The Bertz CT molecular complexity index is 396. The van der Waals surface area contributed by atoms with Gasteiger partial charge >= 0.3 is 0 Å². The number of carbonyl (C=O) groups is 1. The molecule has 1 aliphatic rings. The zero-order valence-electron chi connectivity index (χ0n) is 8.30. The first-order valence-electron chi connectivity index (χ1n) is 4.71. The van der Waals surface area contributed by atoms with Crippen LogP contribution in [0.2, 0.25) is 5.15 Å². The summed E-state index contributed by atoms with van der Waals surface area (Å²) in [5, 5.41) is 0.484. The van der Waals surface area contributed by atoms with Crippen molar-refractivity contribution >= 4 is 17.4 Å². The van der Waals surface area contributed by atoms with Gasteiger partial charge in [-0.05, 0) is 32.8 Å². The van der Waals surface area contributed by atoms with E-state index in [1.807, 2.05) is 19.1 Å². The third-order valence-electron chi connectivity index (χ3n) is 2.93. The maximum Gasteiger partial charge on any atom is 0.140 e. The van der Waals surface area contributed by atoms with E-state index >= 15 is 0 Å². The van der Waals surface area contributed by atoms with Gasteiger partial charge in [-0.3, -0.25) is 4.79 Å². The van der Waals surface area contributed by atoms with Crippen molar-refractivity contribution in [1.82, 2.24) is 4.98 Å². The summed E-state index contributed by atoms with van der Waals surface area (Å²) in [6.07, 6.45) is 1.82. The molecule has 1 aromatic heterocycles. The Labute approximate surface area is 88.3 Å². The number of ketones is 1. The van der Waals surface area contributed by atoms with Crippen molar-refractivity contribution in [1.29, 1.82) is 0 Å². The Morgan fingerprint density at radius 2 is 2.14 bits per heavy atom. The number of pyridine rings is 1. The predicted molar refractivity (Wildman–Crippen MR) is 55.6 cm³/mol. The second kappa shape index (κ2) is 3.06. The number of hydrogen-bond donors (Lipinski definition) is 0. The smallest absolute Gasteiger partial charge is 0.140 e. The van der Waals surface area contributed by atoms with E-state index in [1.165, 1.54) is 0 Å². The largest absolute Gasteiger partial charge is 0.299 e. The molecule has 2 nitrogen and oxygen atoms in total. The number of halogens is 1. The zero-order chi connectivity index (χ0) is 10.3. The number of hydrogen-bond acceptors (Lipinski definition) is 2. The van der Waals surface area contributed by atoms with E-state index in [9.17, 15) is 4.79 Å². The normalized spacial score (nSPS) is 17.9. The van der Waals surface area contributed by atoms with E-state index in [4.69, 9.17) is 11.6 Å². The van der Waals surface area contributed by atoms with E-state index in [0.717, 1.165) is 24.1 Å². The highest BCUT2D eigenvalue weighted by Crippen LogP contribution is 2.50. The summed E-state index contributed by atoms with van der Waals surface area (Å²) in [6, 6.07) is 3.84. The number of Topliss-reactive ketones (excluding diaryl/α,β-unsaturated/α-hetero) is 1. The molecule has 2 rings (SSSR count). The number of aromatic nitrogens is 1. The minimum Gasteiger partial charge on any atom is -0.299 e. The first-order valence-corrected chi connectivity index (χ1v) is 5.09. The van der Waals surface area contributed by atoms with E-state index < -0.39 is 0 Å². The highest BCUT2D eigenvalue weighted by atomic mass is 35.5. The van der Waals surface area contributed by atoms with E-state index in [1.54, 1.807) is 6.92 Å². The lowest BCUT2D eigenvalue weighted by molar-refractivity contribution is -0.119. The minimum atomic E-state index is -0.308. The average molecular weight is 210 g/mol. The molecule has 0 aromatic carbocycles. The summed E-state index contributed by atoms with van der Waals surface area (Å²) in [4.78, 5) is 15.7. The van der Waals surface area contributed by atoms with Crippen LogP contribution in [0, 0.1) is 6.92 Å². The fourth-order valence-electron chi connectivity index (χ4n) is 1.82. The number of rotatable bonds is 2. The molecule has 0 aliphatic heterocycles.